The minimum absolute atomic E-state index is 0.105. The van der Waals surface area contributed by atoms with Crippen molar-refractivity contribution in [3.05, 3.63) is 48.5 Å². The SMILES string of the molecule is CCOc1ccc(OCC(=O)NCCNC(=O)c2cnccn2)cc1. The Morgan fingerprint density at radius 3 is 2.32 bits per heavy atom. The Labute approximate surface area is 145 Å². The van der Waals surface area contributed by atoms with Gasteiger partial charge in [0.25, 0.3) is 11.8 Å². The summed E-state index contributed by atoms with van der Waals surface area (Å²) in [6.45, 7) is 2.97. The van der Waals surface area contributed by atoms with Gasteiger partial charge in [-0.05, 0) is 31.2 Å². The maximum Gasteiger partial charge on any atom is 0.271 e. The van der Waals surface area contributed by atoms with Gasteiger partial charge in [0, 0.05) is 25.5 Å². The van der Waals surface area contributed by atoms with E-state index in [4.69, 9.17) is 9.47 Å². The number of aromatic nitrogens is 2. The summed E-state index contributed by atoms with van der Waals surface area (Å²) in [4.78, 5) is 31.1. The maximum atomic E-state index is 11.7. The van der Waals surface area contributed by atoms with Crippen molar-refractivity contribution in [1.29, 1.82) is 0 Å². The first-order chi connectivity index (χ1) is 12.2. The normalized spacial score (nSPS) is 9.96. The number of benzene rings is 1. The van der Waals surface area contributed by atoms with Gasteiger partial charge < -0.3 is 20.1 Å². The van der Waals surface area contributed by atoms with E-state index in [1.54, 1.807) is 24.3 Å². The van der Waals surface area contributed by atoms with Crippen LogP contribution in [-0.4, -0.2) is 48.1 Å². The van der Waals surface area contributed by atoms with E-state index in [1.807, 2.05) is 6.92 Å². The van der Waals surface area contributed by atoms with E-state index in [0.717, 1.165) is 5.75 Å². The predicted octanol–water partition coefficient (Wildman–Crippen LogP) is 0.800. The third-order valence-electron chi connectivity index (χ3n) is 3.03. The number of nitrogens with one attached hydrogen (secondary N) is 2. The minimum atomic E-state index is -0.340. The Morgan fingerprint density at radius 1 is 1.00 bits per heavy atom. The quantitative estimate of drug-likeness (QED) is 0.652. The molecular weight excluding hydrogens is 324 g/mol. The fourth-order valence-corrected chi connectivity index (χ4v) is 1.88. The fraction of sp³-hybridized carbons (Fsp3) is 0.294. The van der Waals surface area contributed by atoms with Crippen LogP contribution in [0.25, 0.3) is 0 Å². The molecule has 0 aliphatic carbocycles. The molecule has 1 aromatic carbocycles. The molecule has 2 rings (SSSR count). The lowest BCUT2D eigenvalue weighted by Crippen LogP contribution is -2.37. The van der Waals surface area contributed by atoms with Crippen LogP contribution in [0.1, 0.15) is 17.4 Å². The molecule has 0 aliphatic rings. The largest absolute Gasteiger partial charge is 0.494 e. The van der Waals surface area contributed by atoms with E-state index in [1.165, 1.54) is 18.6 Å². The van der Waals surface area contributed by atoms with Gasteiger partial charge >= 0.3 is 0 Å². The highest BCUT2D eigenvalue weighted by Crippen LogP contribution is 2.17. The molecule has 2 aromatic rings. The molecule has 0 atom stereocenters. The Kier molecular flexibility index (Phi) is 7.17. The van der Waals surface area contributed by atoms with Gasteiger partial charge in [-0.3, -0.25) is 14.6 Å². The van der Waals surface area contributed by atoms with Gasteiger partial charge in [0.1, 0.15) is 17.2 Å². The molecule has 0 unspecified atom stereocenters. The molecule has 0 aliphatic heterocycles. The molecule has 1 heterocycles. The first-order valence-corrected chi connectivity index (χ1v) is 7.85. The van der Waals surface area contributed by atoms with Crippen molar-refractivity contribution in [2.75, 3.05) is 26.3 Å². The molecule has 0 fully saturated rings. The summed E-state index contributed by atoms with van der Waals surface area (Å²) < 4.78 is 10.7. The summed E-state index contributed by atoms with van der Waals surface area (Å²) in [5, 5.41) is 5.29. The first-order valence-electron chi connectivity index (χ1n) is 7.85. The Bertz CT molecular complexity index is 677. The lowest BCUT2D eigenvalue weighted by Gasteiger charge is -2.09. The highest BCUT2D eigenvalue weighted by molar-refractivity contribution is 5.91. The Morgan fingerprint density at radius 2 is 1.68 bits per heavy atom. The van der Waals surface area contributed by atoms with Crippen LogP contribution in [0, 0.1) is 0 Å². The highest BCUT2D eigenvalue weighted by atomic mass is 16.5. The number of carbonyl (C=O) groups excluding carboxylic acids is 2. The van der Waals surface area contributed by atoms with Crippen LogP contribution in [0.15, 0.2) is 42.9 Å². The van der Waals surface area contributed by atoms with Crippen LogP contribution in [0.3, 0.4) is 0 Å². The molecular formula is C17H20N4O4. The summed E-state index contributed by atoms with van der Waals surface area (Å²) in [5.74, 6) is 0.711. The van der Waals surface area contributed by atoms with Gasteiger partial charge in [-0.15, -0.1) is 0 Å². The molecule has 0 saturated carbocycles. The van der Waals surface area contributed by atoms with Crippen molar-refractivity contribution < 1.29 is 19.1 Å². The van der Waals surface area contributed by atoms with Crippen LogP contribution in [-0.2, 0) is 4.79 Å². The van der Waals surface area contributed by atoms with Crippen molar-refractivity contribution in [3.8, 4) is 11.5 Å². The zero-order valence-electron chi connectivity index (χ0n) is 13.9. The molecule has 0 bridgehead atoms. The second kappa shape index (κ2) is 9.86. The van der Waals surface area contributed by atoms with Crippen molar-refractivity contribution in [1.82, 2.24) is 20.6 Å². The third kappa shape index (κ3) is 6.46. The third-order valence-corrected chi connectivity index (χ3v) is 3.03. The van der Waals surface area contributed by atoms with Gasteiger partial charge in [0.05, 0.1) is 12.8 Å². The second-order valence-corrected chi connectivity index (χ2v) is 4.89. The molecule has 2 N–H and O–H groups in total. The highest BCUT2D eigenvalue weighted by Gasteiger charge is 2.06. The van der Waals surface area contributed by atoms with Crippen LogP contribution < -0.4 is 20.1 Å². The Balaban J connectivity index is 1.61. The summed E-state index contributed by atoms with van der Waals surface area (Å²) in [6, 6.07) is 7.02. The zero-order chi connectivity index (χ0) is 17.9. The molecule has 2 amide bonds. The number of ether oxygens (including phenoxy) is 2. The van der Waals surface area contributed by atoms with Crippen molar-refractivity contribution >= 4 is 11.8 Å². The standard InChI is InChI=1S/C17H20N4O4/c1-2-24-13-3-5-14(6-4-13)25-12-16(22)20-9-10-21-17(23)15-11-18-7-8-19-15/h3-8,11H,2,9-10,12H2,1H3,(H,20,22)(H,21,23). The van der Waals surface area contributed by atoms with E-state index in [0.29, 0.717) is 12.4 Å². The lowest BCUT2D eigenvalue weighted by molar-refractivity contribution is -0.123. The lowest BCUT2D eigenvalue weighted by atomic mass is 10.3. The van der Waals surface area contributed by atoms with Gasteiger partial charge in [-0.1, -0.05) is 0 Å². The van der Waals surface area contributed by atoms with E-state index in [9.17, 15) is 9.59 Å². The molecule has 0 saturated heterocycles. The minimum Gasteiger partial charge on any atom is -0.494 e. The number of hydrogen-bond acceptors (Lipinski definition) is 6. The van der Waals surface area contributed by atoms with Crippen LogP contribution in [0.4, 0.5) is 0 Å². The second-order valence-electron chi connectivity index (χ2n) is 4.89. The molecule has 0 radical (unpaired) electrons. The number of rotatable bonds is 9. The molecule has 25 heavy (non-hydrogen) atoms. The average Bonchev–Trinajstić information content (AvgIpc) is 2.65. The smallest absolute Gasteiger partial charge is 0.271 e. The monoisotopic (exact) mass is 344 g/mol. The number of carbonyl (C=O) groups is 2. The number of nitrogens with zero attached hydrogens (tertiary/aromatic N) is 2. The van der Waals surface area contributed by atoms with Gasteiger partial charge in [-0.25, -0.2) is 4.98 Å². The van der Waals surface area contributed by atoms with Crippen molar-refractivity contribution in [2.24, 2.45) is 0 Å². The predicted molar refractivity (Wildman–Crippen MR) is 90.5 cm³/mol. The maximum absolute atomic E-state index is 11.7. The van der Waals surface area contributed by atoms with E-state index >= 15 is 0 Å². The first kappa shape index (κ1) is 18.2. The average molecular weight is 344 g/mol. The van der Waals surface area contributed by atoms with Crippen molar-refractivity contribution in [3.63, 3.8) is 0 Å². The van der Waals surface area contributed by atoms with Gasteiger partial charge in [-0.2, -0.15) is 0 Å². The number of amides is 2. The Hall–Kier alpha value is -3.16. The summed E-state index contributed by atoms with van der Waals surface area (Å²) >= 11 is 0. The van der Waals surface area contributed by atoms with Crippen molar-refractivity contribution in [2.45, 2.75) is 6.92 Å². The van der Waals surface area contributed by atoms with Crippen LogP contribution >= 0.6 is 0 Å². The molecule has 132 valence electrons. The summed E-state index contributed by atoms with van der Waals surface area (Å²) in [6.07, 6.45) is 4.30. The van der Waals surface area contributed by atoms with Crippen LogP contribution in [0.5, 0.6) is 11.5 Å². The van der Waals surface area contributed by atoms with Gasteiger partial charge in [0.15, 0.2) is 6.61 Å². The summed E-state index contributed by atoms with van der Waals surface area (Å²) in [7, 11) is 0. The van der Waals surface area contributed by atoms with Crippen LogP contribution in [0.2, 0.25) is 0 Å². The molecule has 0 spiro atoms. The van der Waals surface area contributed by atoms with E-state index in [2.05, 4.69) is 20.6 Å². The number of hydrogen-bond donors (Lipinski definition) is 2. The molecule has 1 aromatic heterocycles. The van der Waals surface area contributed by atoms with E-state index < -0.39 is 0 Å². The molecule has 8 heteroatoms. The molecule has 8 nitrogen and oxygen atoms in total. The zero-order valence-corrected chi connectivity index (χ0v) is 13.9. The van der Waals surface area contributed by atoms with E-state index in [-0.39, 0.29) is 37.2 Å². The fourth-order valence-electron chi connectivity index (χ4n) is 1.88. The summed E-state index contributed by atoms with van der Waals surface area (Å²) in [5.41, 5.74) is 0.229. The van der Waals surface area contributed by atoms with Gasteiger partial charge in [0.2, 0.25) is 0 Å². The topological polar surface area (TPSA) is 102 Å².